The zero-order chi connectivity index (χ0) is 21.5. The van der Waals surface area contributed by atoms with E-state index in [1.807, 2.05) is 73.0 Å². The normalized spacial score (nSPS) is 17.1. The number of amides is 1. The van der Waals surface area contributed by atoms with Gasteiger partial charge in [-0.2, -0.15) is 10.1 Å². The Morgan fingerprint density at radius 2 is 1.74 bits per heavy atom. The third kappa shape index (κ3) is 3.32. The first kappa shape index (κ1) is 19.5. The highest BCUT2D eigenvalue weighted by Gasteiger charge is 2.36. The van der Waals surface area contributed by atoms with Crippen molar-refractivity contribution in [1.29, 1.82) is 5.41 Å². The summed E-state index contributed by atoms with van der Waals surface area (Å²) in [5, 5.41) is 15.8. The molecule has 2 aromatic carbocycles. The lowest BCUT2D eigenvalue weighted by Gasteiger charge is -2.26. The summed E-state index contributed by atoms with van der Waals surface area (Å²) in [6.07, 6.45) is 1.61. The van der Waals surface area contributed by atoms with Crippen LogP contribution in [0, 0.1) is 12.3 Å². The maximum atomic E-state index is 12.8. The highest BCUT2D eigenvalue weighted by atomic mass is 35.5. The average Bonchev–Trinajstić information content (AvgIpc) is 3.33. The van der Waals surface area contributed by atoms with Crippen molar-refractivity contribution in [2.45, 2.75) is 6.92 Å². The maximum Gasteiger partial charge on any atom is 0.283 e. The summed E-state index contributed by atoms with van der Waals surface area (Å²) in [7, 11) is 0. The van der Waals surface area contributed by atoms with Gasteiger partial charge in [-0.15, -0.1) is 0 Å². The molecule has 3 heterocycles. The van der Waals surface area contributed by atoms with Crippen molar-refractivity contribution in [3.63, 3.8) is 0 Å². The van der Waals surface area contributed by atoms with Crippen LogP contribution in [-0.2, 0) is 4.79 Å². The lowest BCUT2D eigenvalue weighted by Crippen LogP contribution is -2.38. The van der Waals surface area contributed by atoms with Gasteiger partial charge >= 0.3 is 0 Å². The van der Waals surface area contributed by atoms with E-state index in [2.05, 4.69) is 10.1 Å². The van der Waals surface area contributed by atoms with E-state index in [1.54, 1.807) is 15.7 Å². The largest absolute Gasteiger partial charge is 0.283 e. The van der Waals surface area contributed by atoms with Gasteiger partial charge < -0.3 is 0 Å². The van der Waals surface area contributed by atoms with E-state index in [4.69, 9.17) is 17.0 Å². The smallest absolute Gasteiger partial charge is 0.283 e. The second-order valence-electron chi connectivity index (χ2n) is 6.97. The van der Waals surface area contributed by atoms with E-state index in [9.17, 15) is 4.79 Å². The van der Waals surface area contributed by atoms with E-state index in [0.29, 0.717) is 10.7 Å². The van der Waals surface area contributed by atoms with E-state index in [-0.39, 0.29) is 16.6 Å². The number of benzene rings is 2. The summed E-state index contributed by atoms with van der Waals surface area (Å²) >= 11 is 7.76. The fourth-order valence-corrected chi connectivity index (χ4v) is 4.68. The van der Waals surface area contributed by atoms with Crippen molar-refractivity contribution in [2.75, 3.05) is 0 Å². The van der Waals surface area contributed by atoms with Crippen molar-refractivity contribution in [3.05, 3.63) is 93.6 Å². The van der Waals surface area contributed by atoms with Crippen LogP contribution in [0.1, 0.15) is 16.8 Å². The minimum atomic E-state index is -0.464. The van der Waals surface area contributed by atoms with Crippen molar-refractivity contribution in [1.82, 2.24) is 14.7 Å². The summed E-state index contributed by atoms with van der Waals surface area (Å²) in [4.78, 5) is 18.7. The summed E-state index contributed by atoms with van der Waals surface area (Å²) < 4.78 is 1.72. The van der Waals surface area contributed by atoms with Crippen molar-refractivity contribution in [3.8, 4) is 5.69 Å². The predicted molar refractivity (Wildman–Crippen MR) is 125 cm³/mol. The lowest BCUT2D eigenvalue weighted by molar-refractivity contribution is -0.114. The molecule has 1 amide bonds. The summed E-state index contributed by atoms with van der Waals surface area (Å²) in [5.41, 5.74) is 4.16. The molecule has 0 radical (unpaired) electrons. The van der Waals surface area contributed by atoms with E-state index >= 15 is 0 Å². The number of hydrogen-bond acceptors (Lipinski definition) is 4. The molecule has 0 saturated carbocycles. The van der Waals surface area contributed by atoms with E-state index < -0.39 is 5.91 Å². The third-order valence-corrected chi connectivity index (χ3v) is 6.20. The van der Waals surface area contributed by atoms with Gasteiger partial charge in [-0.1, -0.05) is 71.9 Å². The Labute approximate surface area is 188 Å². The molecule has 0 atom stereocenters. The van der Waals surface area contributed by atoms with Gasteiger partial charge in [0.15, 0.2) is 10.3 Å². The molecule has 152 valence electrons. The molecule has 0 fully saturated rings. The van der Waals surface area contributed by atoms with E-state index in [1.165, 1.54) is 11.8 Å². The van der Waals surface area contributed by atoms with Gasteiger partial charge in [0.1, 0.15) is 5.84 Å². The van der Waals surface area contributed by atoms with Crippen LogP contribution in [0.2, 0.25) is 5.15 Å². The molecule has 1 N–H and O–H groups in total. The van der Waals surface area contributed by atoms with Crippen LogP contribution in [0.15, 0.2) is 76.6 Å². The van der Waals surface area contributed by atoms with Crippen LogP contribution < -0.4 is 0 Å². The second-order valence-corrected chi connectivity index (χ2v) is 8.16. The molecule has 8 heteroatoms. The topological polar surface area (TPSA) is 74.3 Å². The first-order valence-electron chi connectivity index (χ1n) is 9.51. The minimum Gasteiger partial charge on any atom is -0.283 e. The number of nitrogens with one attached hydrogen (secondary N) is 1. The van der Waals surface area contributed by atoms with Gasteiger partial charge in [-0.25, -0.2) is 4.68 Å². The first-order chi connectivity index (χ1) is 15.0. The summed E-state index contributed by atoms with van der Waals surface area (Å²) in [5.74, 6) is -0.396. The first-order valence-corrected chi connectivity index (χ1v) is 10.8. The summed E-state index contributed by atoms with van der Waals surface area (Å²) in [6, 6.07) is 19.4. The molecular formula is C23H16ClN5OS. The number of amidine groups is 2. The standard InChI is InChI=1S/C23H16ClN5OS/c1-14-17(20(24)27-29(14)16-10-6-3-7-11-16)12-18-21(25)28-19(15-8-4-2-5-9-15)13-31-23(28)26-22(18)30/h2-13,25H,1H3/b18-12-,25-21?. The molecular weight excluding hydrogens is 430 g/mol. The van der Waals surface area contributed by atoms with Crippen LogP contribution in [0.3, 0.4) is 0 Å². The SMILES string of the molecule is Cc1c(/C=C2/C(=N)N3C(c4ccccc4)=CSC3=NC2=O)c(Cl)nn1-c1ccccc1. The second kappa shape index (κ2) is 7.68. The van der Waals surface area contributed by atoms with Crippen LogP contribution in [0.25, 0.3) is 17.5 Å². The van der Waals surface area contributed by atoms with Crippen molar-refractivity contribution < 1.29 is 4.79 Å². The number of nitrogens with zero attached hydrogens (tertiary/aromatic N) is 4. The highest BCUT2D eigenvalue weighted by molar-refractivity contribution is 8.17. The Hall–Kier alpha value is -3.42. The fraction of sp³-hybridized carbons (Fsp3) is 0.0435. The predicted octanol–water partition coefficient (Wildman–Crippen LogP) is 5.14. The number of halogens is 1. The zero-order valence-corrected chi connectivity index (χ0v) is 18.0. The number of carbonyl (C=O) groups excluding carboxylic acids is 1. The van der Waals surface area contributed by atoms with Gasteiger partial charge in [-0.05, 0) is 30.7 Å². The van der Waals surface area contributed by atoms with Gasteiger partial charge in [0.25, 0.3) is 5.91 Å². The molecule has 0 unspecified atom stereocenters. The minimum absolute atomic E-state index is 0.0676. The number of hydrogen-bond donors (Lipinski definition) is 1. The number of thioether (sulfide) groups is 1. The van der Waals surface area contributed by atoms with Crippen LogP contribution in [0.4, 0.5) is 0 Å². The Morgan fingerprint density at radius 3 is 2.45 bits per heavy atom. The molecule has 6 nitrogen and oxygen atoms in total. The Bertz CT molecular complexity index is 1310. The van der Waals surface area contributed by atoms with Crippen LogP contribution >= 0.6 is 23.4 Å². The van der Waals surface area contributed by atoms with Gasteiger partial charge in [-0.3, -0.25) is 15.1 Å². The van der Waals surface area contributed by atoms with Crippen molar-refractivity contribution >= 4 is 52.0 Å². The Morgan fingerprint density at radius 1 is 1.06 bits per heavy atom. The van der Waals surface area contributed by atoms with Crippen LogP contribution in [0.5, 0.6) is 0 Å². The van der Waals surface area contributed by atoms with E-state index in [0.717, 1.165) is 22.6 Å². The molecule has 2 aliphatic heterocycles. The number of para-hydroxylation sites is 1. The molecule has 1 aromatic heterocycles. The van der Waals surface area contributed by atoms with Gasteiger partial charge in [0, 0.05) is 16.7 Å². The molecule has 0 spiro atoms. The van der Waals surface area contributed by atoms with Crippen LogP contribution in [-0.4, -0.2) is 31.6 Å². The Kier molecular flexibility index (Phi) is 4.84. The molecule has 3 aromatic rings. The number of carbonyl (C=O) groups is 1. The highest BCUT2D eigenvalue weighted by Crippen LogP contribution is 2.37. The molecule has 31 heavy (non-hydrogen) atoms. The Balaban J connectivity index is 1.56. The number of aromatic nitrogens is 2. The number of aliphatic imine (C=N–C) groups is 1. The number of fused-ring (bicyclic) bond motifs is 1. The molecule has 2 aliphatic rings. The zero-order valence-electron chi connectivity index (χ0n) is 16.4. The third-order valence-electron chi connectivity index (χ3n) is 5.09. The molecule has 0 bridgehead atoms. The monoisotopic (exact) mass is 445 g/mol. The summed E-state index contributed by atoms with van der Waals surface area (Å²) in [6.45, 7) is 1.88. The lowest BCUT2D eigenvalue weighted by atomic mass is 10.1. The van der Waals surface area contributed by atoms with Gasteiger partial charge in [0.05, 0.1) is 17.0 Å². The van der Waals surface area contributed by atoms with Crippen molar-refractivity contribution in [2.24, 2.45) is 4.99 Å². The quantitative estimate of drug-likeness (QED) is 0.566. The fourth-order valence-electron chi connectivity index (χ4n) is 3.52. The maximum absolute atomic E-state index is 12.8. The van der Waals surface area contributed by atoms with Gasteiger partial charge in [0.2, 0.25) is 0 Å². The average molecular weight is 446 g/mol. The number of rotatable bonds is 3. The molecule has 0 aliphatic carbocycles. The molecule has 5 rings (SSSR count). The molecule has 0 saturated heterocycles.